The normalized spacial score (nSPS) is 17.0. The Kier molecular flexibility index (Phi) is 6.66. The summed E-state index contributed by atoms with van der Waals surface area (Å²) >= 11 is 0. The summed E-state index contributed by atoms with van der Waals surface area (Å²) < 4.78 is 1.23. The van der Waals surface area contributed by atoms with Gasteiger partial charge in [-0.15, -0.1) is 0 Å². The van der Waals surface area contributed by atoms with E-state index in [0.717, 1.165) is 24.2 Å². The molecule has 2 heterocycles. The van der Waals surface area contributed by atoms with E-state index in [1.165, 1.54) is 36.4 Å². The van der Waals surface area contributed by atoms with Crippen molar-refractivity contribution in [3.63, 3.8) is 0 Å². The van der Waals surface area contributed by atoms with Gasteiger partial charge in [0.05, 0.1) is 29.0 Å². The van der Waals surface area contributed by atoms with Gasteiger partial charge in [-0.3, -0.25) is 9.69 Å². The minimum atomic E-state index is -0.104. The first-order chi connectivity index (χ1) is 16.3. The van der Waals surface area contributed by atoms with Crippen LogP contribution in [-0.2, 0) is 4.79 Å². The second-order valence-corrected chi connectivity index (χ2v) is 8.97. The molecule has 0 atom stereocenters. The van der Waals surface area contributed by atoms with E-state index in [0.29, 0.717) is 28.8 Å². The van der Waals surface area contributed by atoms with Gasteiger partial charge in [-0.2, -0.15) is 15.0 Å². The van der Waals surface area contributed by atoms with Crippen LogP contribution in [-0.4, -0.2) is 69.0 Å². The molecular formula is C26H30N6O2. The topological polar surface area (TPSA) is 97.8 Å². The van der Waals surface area contributed by atoms with Gasteiger partial charge in [-0.1, -0.05) is 25.1 Å². The number of carbonyl (C=O) groups is 1. The summed E-state index contributed by atoms with van der Waals surface area (Å²) in [4.78, 5) is 21.4. The number of rotatable bonds is 7. The van der Waals surface area contributed by atoms with E-state index >= 15 is 0 Å². The Hall–Kier alpha value is -3.70. The molecule has 0 radical (unpaired) electrons. The van der Waals surface area contributed by atoms with Crippen molar-refractivity contribution < 1.29 is 9.90 Å². The summed E-state index contributed by atoms with van der Waals surface area (Å²) in [6.45, 7) is 9.02. The number of likely N-dealkylation sites (N-methyl/N-ethyl adjacent to an activating group) is 1. The molecule has 0 spiro atoms. The first-order valence-electron chi connectivity index (χ1n) is 11.5. The Morgan fingerprint density at radius 3 is 2.65 bits per heavy atom. The van der Waals surface area contributed by atoms with Gasteiger partial charge in [0.1, 0.15) is 5.82 Å². The van der Waals surface area contributed by atoms with Crippen LogP contribution in [0.2, 0.25) is 0 Å². The third-order valence-corrected chi connectivity index (χ3v) is 6.92. The molecule has 1 saturated carbocycles. The highest BCUT2D eigenvalue weighted by Gasteiger charge is 2.37. The van der Waals surface area contributed by atoms with E-state index < -0.39 is 0 Å². The summed E-state index contributed by atoms with van der Waals surface area (Å²) in [5, 5.41) is 24.0. The molecule has 1 amide bonds. The van der Waals surface area contributed by atoms with Gasteiger partial charge in [0.15, 0.2) is 0 Å². The molecule has 2 aromatic rings. The first kappa shape index (κ1) is 23.5. The zero-order valence-electron chi connectivity index (χ0n) is 19.9. The van der Waals surface area contributed by atoms with Crippen molar-refractivity contribution in [2.75, 3.05) is 20.1 Å². The molecule has 1 aliphatic carbocycles. The zero-order chi connectivity index (χ0) is 24.4. The number of hydrogen-bond donors (Lipinski definition) is 1. The fourth-order valence-electron chi connectivity index (χ4n) is 4.36. The Bertz CT molecular complexity index is 1210. The monoisotopic (exact) mass is 458 g/mol. The molecule has 4 rings (SSSR count). The SMILES string of the molecule is C=C(/N=C\C(=C/C)C(=O)N1CC(N(C)C2CCC2)C1)n1ncc(-c2ccc(C#N)cc2C)c1O. The summed E-state index contributed by atoms with van der Waals surface area (Å²) in [6.07, 6.45) is 8.54. The van der Waals surface area contributed by atoms with Crippen LogP contribution < -0.4 is 0 Å². The Morgan fingerprint density at radius 1 is 1.32 bits per heavy atom. The van der Waals surface area contributed by atoms with E-state index in [9.17, 15) is 9.90 Å². The summed E-state index contributed by atoms with van der Waals surface area (Å²) in [7, 11) is 2.16. The van der Waals surface area contributed by atoms with Crippen molar-refractivity contribution in [2.24, 2.45) is 4.99 Å². The highest BCUT2D eigenvalue weighted by molar-refractivity contribution is 6.12. The lowest BCUT2D eigenvalue weighted by Gasteiger charge is -2.49. The Labute approximate surface area is 200 Å². The maximum atomic E-state index is 12.9. The van der Waals surface area contributed by atoms with Gasteiger partial charge in [0.25, 0.3) is 5.91 Å². The van der Waals surface area contributed by atoms with Crippen molar-refractivity contribution in [2.45, 2.75) is 45.2 Å². The van der Waals surface area contributed by atoms with Crippen LogP contribution >= 0.6 is 0 Å². The smallest absolute Gasteiger partial charge is 0.255 e. The Morgan fingerprint density at radius 2 is 2.06 bits per heavy atom. The number of nitriles is 1. The maximum Gasteiger partial charge on any atom is 0.255 e. The average Bonchev–Trinajstić information content (AvgIpc) is 3.12. The van der Waals surface area contributed by atoms with E-state index in [1.807, 2.05) is 11.8 Å². The molecule has 176 valence electrons. The number of amides is 1. The van der Waals surface area contributed by atoms with Crippen LogP contribution in [0.1, 0.15) is 37.3 Å². The fraction of sp³-hybridized carbons (Fsp3) is 0.385. The molecule has 0 bridgehead atoms. The maximum absolute atomic E-state index is 12.9. The van der Waals surface area contributed by atoms with E-state index in [4.69, 9.17) is 5.26 Å². The number of aromatic nitrogens is 2. The molecule has 1 aromatic carbocycles. The van der Waals surface area contributed by atoms with Gasteiger partial charge >= 0.3 is 0 Å². The van der Waals surface area contributed by atoms with Crippen LogP contribution in [0.25, 0.3) is 16.9 Å². The number of benzene rings is 1. The van der Waals surface area contributed by atoms with Gasteiger partial charge in [-0.25, -0.2) is 4.99 Å². The number of aryl methyl sites for hydroxylation is 1. The van der Waals surface area contributed by atoms with Gasteiger partial charge < -0.3 is 10.0 Å². The molecule has 1 saturated heterocycles. The molecule has 2 aliphatic rings. The van der Waals surface area contributed by atoms with Crippen LogP contribution in [0, 0.1) is 18.3 Å². The van der Waals surface area contributed by atoms with Crippen LogP contribution in [0.15, 0.2) is 47.6 Å². The predicted octanol–water partition coefficient (Wildman–Crippen LogP) is 3.58. The van der Waals surface area contributed by atoms with Crippen molar-refractivity contribution >= 4 is 17.9 Å². The number of nitrogens with zero attached hydrogens (tertiary/aromatic N) is 6. The minimum absolute atomic E-state index is 0.0594. The third kappa shape index (κ3) is 4.39. The molecular weight excluding hydrogens is 428 g/mol. The quantitative estimate of drug-likeness (QED) is 0.505. The number of carbonyl (C=O) groups excluding carboxylic acids is 1. The van der Waals surface area contributed by atoms with Crippen LogP contribution in [0.3, 0.4) is 0 Å². The lowest BCUT2D eigenvalue weighted by molar-refractivity contribution is -0.134. The first-order valence-corrected chi connectivity index (χ1v) is 11.5. The van der Waals surface area contributed by atoms with Gasteiger partial charge in [0, 0.05) is 31.4 Å². The van der Waals surface area contributed by atoms with Crippen molar-refractivity contribution in [1.82, 2.24) is 19.6 Å². The van der Waals surface area contributed by atoms with Gasteiger partial charge in [-0.05, 0) is 57.0 Å². The summed E-state index contributed by atoms with van der Waals surface area (Å²) in [5.74, 6) is 0.0252. The van der Waals surface area contributed by atoms with Crippen LogP contribution in [0.4, 0.5) is 0 Å². The molecule has 8 heteroatoms. The largest absolute Gasteiger partial charge is 0.493 e. The second-order valence-electron chi connectivity index (χ2n) is 8.97. The lowest BCUT2D eigenvalue weighted by Crippen LogP contribution is -2.63. The zero-order valence-corrected chi connectivity index (χ0v) is 19.9. The lowest BCUT2D eigenvalue weighted by atomic mass is 9.89. The van der Waals surface area contributed by atoms with E-state index in [2.05, 4.69) is 34.7 Å². The molecule has 34 heavy (non-hydrogen) atoms. The van der Waals surface area contributed by atoms with Gasteiger partial charge in [0.2, 0.25) is 5.88 Å². The highest BCUT2D eigenvalue weighted by atomic mass is 16.3. The third-order valence-electron chi connectivity index (χ3n) is 6.92. The number of hydrogen-bond acceptors (Lipinski definition) is 6. The number of allylic oxidation sites excluding steroid dienone is 1. The number of aliphatic imine (C=N–C) groups is 1. The molecule has 1 aromatic heterocycles. The molecule has 1 aliphatic heterocycles. The second kappa shape index (κ2) is 9.65. The average molecular weight is 459 g/mol. The van der Waals surface area contributed by atoms with E-state index in [-0.39, 0.29) is 17.6 Å². The molecule has 2 fully saturated rings. The van der Waals surface area contributed by atoms with Crippen molar-refractivity contribution in [3.8, 4) is 23.1 Å². The predicted molar refractivity (Wildman–Crippen MR) is 132 cm³/mol. The van der Waals surface area contributed by atoms with Crippen molar-refractivity contribution in [1.29, 1.82) is 5.26 Å². The summed E-state index contributed by atoms with van der Waals surface area (Å²) in [5.41, 5.74) is 3.15. The standard InChI is InChI=1S/C26H30N6O2/c1-5-20(25(33)31-15-22(16-31)30(4)21-7-6-8-21)13-28-18(3)32-26(34)24(14-29-32)23-10-9-19(12-27)11-17(23)2/h5,9-11,13-14,21-22,34H,3,6-8,15-16H2,1-2,4H3/b20-5+,28-13-. The van der Waals surface area contributed by atoms with E-state index in [1.54, 1.807) is 31.2 Å². The molecule has 1 N–H and O–H groups in total. The minimum Gasteiger partial charge on any atom is -0.493 e. The van der Waals surface area contributed by atoms with Crippen molar-refractivity contribution in [3.05, 3.63) is 53.8 Å². The number of aromatic hydroxyl groups is 1. The van der Waals surface area contributed by atoms with Crippen LogP contribution in [0.5, 0.6) is 5.88 Å². The fourth-order valence-corrected chi connectivity index (χ4v) is 4.36. The number of likely N-dealkylation sites (tertiary alicyclic amines) is 1. The summed E-state index contributed by atoms with van der Waals surface area (Å²) in [6, 6.07) is 8.42. The molecule has 8 nitrogen and oxygen atoms in total. The highest BCUT2D eigenvalue weighted by Crippen LogP contribution is 2.33. The molecule has 0 unspecified atom stereocenters. The Balaban J connectivity index is 1.41.